The predicted octanol–water partition coefficient (Wildman–Crippen LogP) is 3.82. The molecule has 136 valence electrons. The van der Waals surface area contributed by atoms with E-state index >= 15 is 0 Å². The quantitative estimate of drug-likeness (QED) is 0.882. The molecule has 1 fully saturated rings. The summed E-state index contributed by atoms with van der Waals surface area (Å²) in [5.41, 5.74) is 5.53. The van der Waals surface area contributed by atoms with Gasteiger partial charge in [-0.25, -0.2) is 0 Å². The molecule has 0 saturated carbocycles. The fourth-order valence-corrected chi connectivity index (χ4v) is 3.18. The van der Waals surface area contributed by atoms with Crippen LogP contribution in [0.3, 0.4) is 0 Å². The minimum absolute atomic E-state index is 0. The summed E-state index contributed by atoms with van der Waals surface area (Å²) >= 11 is 0. The Morgan fingerprint density at radius 1 is 1.42 bits per heavy atom. The van der Waals surface area contributed by atoms with Gasteiger partial charge in [-0.05, 0) is 43.4 Å². The van der Waals surface area contributed by atoms with Crippen LogP contribution in [-0.2, 0) is 11.0 Å². The molecule has 0 aliphatic carbocycles. The number of likely N-dealkylation sites (tertiary alicyclic amines) is 1. The van der Waals surface area contributed by atoms with Crippen molar-refractivity contribution >= 4 is 18.3 Å². The second-order valence-electron chi connectivity index (χ2n) is 6.46. The van der Waals surface area contributed by atoms with E-state index in [4.69, 9.17) is 5.73 Å². The summed E-state index contributed by atoms with van der Waals surface area (Å²) in [6.07, 6.45) is -3.26. The van der Waals surface area contributed by atoms with Gasteiger partial charge < -0.3 is 10.6 Å². The van der Waals surface area contributed by atoms with Gasteiger partial charge in [0, 0.05) is 19.0 Å². The number of carbonyl (C=O) groups excluding carboxylic acids is 1. The van der Waals surface area contributed by atoms with Crippen LogP contribution in [0.1, 0.15) is 43.7 Å². The van der Waals surface area contributed by atoms with Crippen molar-refractivity contribution < 1.29 is 18.0 Å². The van der Waals surface area contributed by atoms with Crippen LogP contribution >= 0.6 is 12.4 Å². The van der Waals surface area contributed by atoms with Crippen molar-refractivity contribution in [3.63, 3.8) is 0 Å². The third-order valence-electron chi connectivity index (χ3n) is 4.58. The zero-order valence-electron chi connectivity index (χ0n) is 13.8. The summed E-state index contributed by atoms with van der Waals surface area (Å²) in [6, 6.07) is 5.36. The van der Waals surface area contributed by atoms with Crippen molar-refractivity contribution in [2.24, 2.45) is 11.7 Å². The lowest BCUT2D eigenvalue weighted by Crippen LogP contribution is -2.35. The van der Waals surface area contributed by atoms with E-state index in [1.165, 1.54) is 6.07 Å². The smallest absolute Gasteiger partial charge is 0.340 e. The summed E-state index contributed by atoms with van der Waals surface area (Å²) in [4.78, 5) is 14.3. The van der Waals surface area contributed by atoms with Crippen LogP contribution in [0, 0.1) is 5.92 Å². The Hall–Kier alpha value is -1.27. The molecule has 1 saturated heterocycles. The molecule has 2 N–H and O–H groups in total. The van der Waals surface area contributed by atoms with Gasteiger partial charge in [0.05, 0.1) is 5.56 Å². The minimum atomic E-state index is -4.36. The average molecular weight is 365 g/mol. The second-order valence-corrected chi connectivity index (χ2v) is 6.46. The van der Waals surface area contributed by atoms with Gasteiger partial charge in [0.15, 0.2) is 0 Å². The van der Waals surface area contributed by atoms with Crippen molar-refractivity contribution in [2.45, 2.75) is 44.8 Å². The van der Waals surface area contributed by atoms with Crippen LogP contribution in [0.25, 0.3) is 0 Å². The number of amides is 1. The highest BCUT2D eigenvalue weighted by molar-refractivity contribution is 5.85. The van der Waals surface area contributed by atoms with E-state index in [2.05, 4.69) is 0 Å². The number of benzene rings is 1. The van der Waals surface area contributed by atoms with E-state index in [-0.39, 0.29) is 36.7 Å². The molecule has 1 aromatic carbocycles. The summed E-state index contributed by atoms with van der Waals surface area (Å²) in [6.45, 7) is 4.97. The number of nitrogens with zero attached hydrogens (tertiary/aromatic N) is 1. The molecule has 0 spiro atoms. The van der Waals surface area contributed by atoms with Crippen molar-refractivity contribution in [2.75, 3.05) is 13.1 Å². The zero-order valence-corrected chi connectivity index (χ0v) is 14.7. The van der Waals surface area contributed by atoms with E-state index in [1.54, 1.807) is 13.0 Å². The molecule has 1 aromatic rings. The molecule has 2 rings (SSSR count). The number of rotatable bonds is 4. The molecule has 1 aliphatic rings. The van der Waals surface area contributed by atoms with Gasteiger partial charge in [0.2, 0.25) is 5.91 Å². The summed E-state index contributed by atoms with van der Waals surface area (Å²) < 4.78 is 38.4. The second kappa shape index (κ2) is 8.21. The number of carbonyl (C=O) groups is 1. The largest absolute Gasteiger partial charge is 0.416 e. The highest BCUT2D eigenvalue weighted by atomic mass is 35.5. The Kier molecular flexibility index (Phi) is 7.10. The molecule has 1 aliphatic heterocycles. The molecular formula is C17H24ClF3N2O. The molecule has 24 heavy (non-hydrogen) atoms. The highest BCUT2D eigenvalue weighted by Crippen LogP contribution is 2.32. The van der Waals surface area contributed by atoms with Gasteiger partial charge >= 0.3 is 6.18 Å². The monoisotopic (exact) mass is 364 g/mol. The van der Waals surface area contributed by atoms with Crippen LogP contribution in [0.2, 0.25) is 0 Å². The number of hydrogen-bond donors (Lipinski definition) is 1. The molecule has 0 bridgehead atoms. The fourth-order valence-electron chi connectivity index (χ4n) is 3.18. The van der Waals surface area contributed by atoms with Crippen LogP contribution < -0.4 is 5.73 Å². The Bertz CT molecular complexity index is 565. The SMILES string of the molecule is CC(CC(=O)N1CC(CN)CC1C)c1cccc(C(F)(F)F)c1.Cl. The van der Waals surface area contributed by atoms with Gasteiger partial charge in [0.1, 0.15) is 0 Å². The number of alkyl halides is 3. The van der Waals surface area contributed by atoms with Crippen LogP contribution in [0.4, 0.5) is 13.2 Å². The first kappa shape index (κ1) is 20.8. The predicted molar refractivity (Wildman–Crippen MR) is 90.1 cm³/mol. The zero-order chi connectivity index (χ0) is 17.2. The summed E-state index contributed by atoms with van der Waals surface area (Å²) in [5.74, 6) is 0.0464. The standard InChI is InChI=1S/C17H23F3N2O.ClH/c1-11(14-4-3-5-15(8-14)17(18,19)20)6-16(23)22-10-13(9-21)7-12(22)2;/h3-5,8,11-13H,6-7,9-10,21H2,1-2H3;1H. The molecule has 3 unspecified atom stereocenters. The maximum absolute atomic E-state index is 12.8. The average Bonchev–Trinajstić information content (AvgIpc) is 2.87. The van der Waals surface area contributed by atoms with Crippen LogP contribution in [-0.4, -0.2) is 29.9 Å². The van der Waals surface area contributed by atoms with Gasteiger partial charge in [-0.1, -0.05) is 25.1 Å². The van der Waals surface area contributed by atoms with Gasteiger partial charge in [0.25, 0.3) is 0 Å². The fraction of sp³-hybridized carbons (Fsp3) is 0.588. The Morgan fingerprint density at radius 2 is 2.08 bits per heavy atom. The first-order valence-electron chi connectivity index (χ1n) is 7.89. The van der Waals surface area contributed by atoms with E-state index in [0.717, 1.165) is 18.6 Å². The molecule has 0 aromatic heterocycles. The third-order valence-corrected chi connectivity index (χ3v) is 4.58. The van der Waals surface area contributed by atoms with Gasteiger partial charge in [-0.3, -0.25) is 4.79 Å². The van der Waals surface area contributed by atoms with E-state index in [1.807, 2.05) is 11.8 Å². The third kappa shape index (κ3) is 4.86. The van der Waals surface area contributed by atoms with Crippen molar-refractivity contribution in [3.8, 4) is 0 Å². The number of nitrogens with two attached hydrogens (primary N) is 1. The van der Waals surface area contributed by atoms with Crippen molar-refractivity contribution in [1.82, 2.24) is 4.90 Å². The van der Waals surface area contributed by atoms with Crippen LogP contribution in [0.5, 0.6) is 0 Å². The van der Waals surface area contributed by atoms with Gasteiger partial charge in [-0.15, -0.1) is 12.4 Å². The topological polar surface area (TPSA) is 46.3 Å². The van der Waals surface area contributed by atoms with E-state index < -0.39 is 11.7 Å². The Labute approximate surface area is 146 Å². The lowest BCUT2D eigenvalue weighted by Gasteiger charge is -2.24. The maximum atomic E-state index is 12.8. The molecule has 3 atom stereocenters. The molecule has 1 amide bonds. The Morgan fingerprint density at radius 3 is 2.62 bits per heavy atom. The molecule has 0 radical (unpaired) electrons. The normalized spacial score (nSPS) is 22.2. The molecular weight excluding hydrogens is 341 g/mol. The Balaban J connectivity index is 0.00000288. The molecule has 3 nitrogen and oxygen atoms in total. The minimum Gasteiger partial charge on any atom is -0.340 e. The van der Waals surface area contributed by atoms with E-state index in [9.17, 15) is 18.0 Å². The lowest BCUT2D eigenvalue weighted by atomic mass is 9.95. The first-order valence-corrected chi connectivity index (χ1v) is 7.89. The van der Waals surface area contributed by atoms with Crippen LogP contribution in [0.15, 0.2) is 24.3 Å². The highest BCUT2D eigenvalue weighted by Gasteiger charge is 2.33. The lowest BCUT2D eigenvalue weighted by molar-refractivity contribution is -0.137. The maximum Gasteiger partial charge on any atom is 0.416 e. The van der Waals surface area contributed by atoms with Gasteiger partial charge in [-0.2, -0.15) is 13.2 Å². The first-order chi connectivity index (χ1) is 10.7. The molecule has 1 heterocycles. The number of hydrogen-bond acceptors (Lipinski definition) is 2. The van der Waals surface area contributed by atoms with Crippen molar-refractivity contribution in [3.05, 3.63) is 35.4 Å². The summed E-state index contributed by atoms with van der Waals surface area (Å²) in [7, 11) is 0. The number of halogens is 4. The summed E-state index contributed by atoms with van der Waals surface area (Å²) in [5, 5.41) is 0. The van der Waals surface area contributed by atoms with Crippen molar-refractivity contribution in [1.29, 1.82) is 0 Å². The molecule has 7 heteroatoms. The van der Waals surface area contributed by atoms with E-state index in [0.29, 0.717) is 24.6 Å².